The molecule has 1 atom stereocenters. The predicted octanol–water partition coefficient (Wildman–Crippen LogP) is 4.62. The summed E-state index contributed by atoms with van der Waals surface area (Å²) in [6.07, 6.45) is 3.52. The maximum absolute atomic E-state index is 5.52. The van der Waals surface area contributed by atoms with E-state index in [2.05, 4.69) is 45.8 Å². The lowest BCUT2D eigenvalue weighted by Gasteiger charge is -2.23. The molecule has 25 heavy (non-hydrogen) atoms. The van der Waals surface area contributed by atoms with Gasteiger partial charge in [0.2, 0.25) is 0 Å². The molecule has 0 N–H and O–H groups in total. The van der Waals surface area contributed by atoms with E-state index in [1.165, 1.54) is 18.4 Å². The highest BCUT2D eigenvalue weighted by Gasteiger charge is 2.25. The fraction of sp³-hybridized carbons (Fsp3) is 0.350. The third-order valence-corrected chi connectivity index (χ3v) is 5.68. The molecule has 2 aromatic heterocycles. The number of methoxy groups -OCH3 is 1. The molecular formula is C20H22N2O2S. The fourth-order valence-corrected chi connectivity index (χ4v) is 4.21. The van der Waals surface area contributed by atoms with Crippen LogP contribution in [0.15, 0.2) is 52.4 Å². The average Bonchev–Trinajstić information content (AvgIpc) is 3.38. The molecule has 1 aliphatic rings. The maximum Gasteiger partial charge on any atom is 0.177 e. The lowest BCUT2D eigenvalue weighted by molar-refractivity contribution is 0.236. The summed E-state index contributed by atoms with van der Waals surface area (Å²) in [7, 11) is 1.72. The molecule has 3 aromatic rings. The fourth-order valence-electron chi connectivity index (χ4n) is 3.54. The Labute approximate surface area is 152 Å². The molecule has 0 spiro atoms. The monoisotopic (exact) mass is 354 g/mol. The van der Waals surface area contributed by atoms with Gasteiger partial charge in [-0.25, -0.2) is 0 Å². The number of benzene rings is 1. The molecule has 1 saturated heterocycles. The molecule has 0 saturated carbocycles. The molecule has 4 rings (SSSR count). The van der Waals surface area contributed by atoms with E-state index in [1.54, 1.807) is 18.4 Å². The van der Waals surface area contributed by atoms with Gasteiger partial charge in [0.1, 0.15) is 5.75 Å². The zero-order valence-electron chi connectivity index (χ0n) is 14.4. The lowest BCUT2D eigenvalue weighted by atomic mass is 10.0. The Balaban J connectivity index is 1.43. The first-order valence-electron chi connectivity index (χ1n) is 8.68. The number of ether oxygens (including phenoxy) is 1. The maximum atomic E-state index is 5.52. The van der Waals surface area contributed by atoms with Crippen LogP contribution in [0.4, 0.5) is 0 Å². The third-order valence-electron chi connectivity index (χ3n) is 4.79. The Morgan fingerprint density at radius 3 is 3.08 bits per heavy atom. The van der Waals surface area contributed by atoms with Gasteiger partial charge in [-0.1, -0.05) is 23.4 Å². The van der Waals surface area contributed by atoms with Crippen LogP contribution < -0.4 is 4.74 Å². The number of hydrogen-bond donors (Lipinski definition) is 0. The van der Waals surface area contributed by atoms with Gasteiger partial charge in [-0.3, -0.25) is 4.90 Å². The van der Waals surface area contributed by atoms with E-state index in [1.807, 2.05) is 12.1 Å². The van der Waals surface area contributed by atoms with Crippen molar-refractivity contribution in [3.05, 3.63) is 59.1 Å². The van der Waals surface area contributed by atoms with E-state index in [0.717, 1.165) is 41.6 Å². The molecule has 0 radical (unpaired) electrons. The van der Waals surface area contributed by atoms with Gasteiger partial charge >= 0.3 is 0 Å². The third kappa shape index (κ3) is 3.78. The van der Waals surface area contributed by atoms with Crippen LogP contribution in [-0.2, 0) is 13.0 Å². The Kier molecular flexibility index (Phi) is 4.85. The molecule has 0 bridgehead atoms. The van der Waals surface area contributed by atoms with Crippen LogP contribution in [0, 0.1) is 0 Å². The summed E-state index contributed by atoms with van der Waals surface area (Å²) in [6.45, 7) is 1.97. The topological polar surface area (TPSA) is 38.5 Å². The molecule has 0 aliphatic carbocycles. The van der Waals surface area contributed by atoms with Gasteiger partial charge < -0.3 is 9.26 Å². The van der Waals surface area contributed by atoms with Crippen molar-refractivity contribution in [1.29, 1.82) is 0 Å². The molecule has 5 heteroatoms. The minimum atomic E-state index is 0.550. The molecule has 1 unspecified atom stereocenters. The van der Waals surface area contributed by atoms with Crippen LogP contribution in [0.1, 0.15) is 24.1 Å². The first kappa shape index (κ1) is 16.4. The summed E-state index contributed by atoms with van der Waals surface area (Å²) in [4.78, 5) is 3.66. The van der Waals surface area contributed by atoms with Gasteiger partial charge in [0.15, 0.2) is 5.76 Å². The second kappa shape index (κ2) is 7.42. The molecule has 3 heterocycles. The minimum Gasteiger partial charge on any atom is -0.497 e. The molecular weight excluding hydrogens is 332 g/mol. The molecule has 1 aromatic carbocycles. The average molecular weight is 354 g/mol. The number of nitrogens with zero attached hydrogens (tertiary/aromatic N) is 2. The Morgan fingerprint density at radius 1 is 1.28 bits per heavy atom. The van der Waals surface area contributed by atoms with Crippen LogP contribution in [-0.4, -0.2) is 29.8 Å². The van der Waals surface area contributed by atoms with Crippen LogP contribution >= 0.6 is 11.3 Å². The van der Waals surface area contributed by atoms with Crippen LogP contribution in [0.25, 0.3) is 10.6 Å². The molecule has 130 valence electrons. The molecule has 1 fully saturated rings. The quantitative estimate of drug-likeness (QED) is 0.647. The summed E-state index contributed by atoms with van der Waals surface area (Å²) < 4.78 is 10.9. The van der Waals surface area contributed by atoms with Crippen molar-refractivity contribution in [2.75, 3.05) is 13.7 Å². The van der Waals surface area contributed by atoms with Crippen LogP contribution in [0.3, 0.4) is 0 Å². The highest BCUT2D eigenvalue weighted by molar-refractivity contribution is 7.13. The number of thiophene rings is 1. The standard InChI is InChI=1S/C20H22N2O2S/c1-23-18-7-2-5-15(12-18)11-17-6-3-9-22(17)14-16-13-19(24-21-16)20-8-4-10-25-20/h2,4-5,7-8,10,12-13,17H,3,6,9,11,14H2,1H3. The van der Waals surface area contributed by atoms with Crippen molar-refractivity contribution in [3.63, 3.8) is 0 Å². The van der Waals surface area contributed by atoms with Gasteiger partial charge in [-0.05, 0) is 54.9 Å². The summed E-state index contributed by atoms with van der Waals surface area (Å²) in [6, 6.07) is 15.1. The van der Waals surface area contributed by atoms with Crippen molar-refractivity contribution in [3.8, 4) is 16.4 Å². The normalized spacial score (nSPS) is 17.9. The molecule has 4 nitrogen and oxygen atoms in total. The second-order valence-electron chi connectivity index (χ2n) is 6.48. The van der Waals surface area contributed by atoms with Crippen LogP contribution in [0.2, 0.25) is 0 Å². The summed E-state index contributed by atoms with van der Waals surface area (Å²) >= 11 is 1.68. The van der Waals surface area contributed by atoms with E-state index in [-0.39, 0.29) is 0 Å². The van der Waals surface area contributed by atoms with Crippen molar-refractivity contribution in [2.24, 2.45) is 0 Å². The minimum absolute atomic E-state index is 0.550. The number of aromatic nitrogens is 1. The van der Waals surface area contributed by atoms with Gasteiger partial charge in [-0.2, -0.15) is 0 Å². The summed E-state index contributed by atoms with van der Waals surface area (Å²) in [5, 5.41) is 6.33. The van der Waals surface area contributed by atoms with Crippen molar-refractivity contribution < 1.29 is 9.26 Å². The van der Waals surface area contributed by atoms with Crippen molar-refractivity contribution >= 4 is 11.3 Å². The Hall–Kier alpha value is -2.11. The van der Waals surface area contributed by atoms with Crippen molar-refractivity contribution in [1.82, 2.24) is 10.1 Å². The largest absolute Gasteiger partial charge is 0.497 e. The number of likely N-dealkylation sites (tertiary alicyclic amines) is 1. The highest BCUT2D eigenvalue weighted by atomic mass is 32.1. The van der Waals surface area contributed by atoms with Crippen LogP contribution in [0.5, 0.6) is 5.75 Å². The molecule has 1 aliphatic heterocycles. The highest BCUT2D eigenvalue weighted by Crippen LogP contribution is 2.28. The second-order valence-corrected chi connectivity index (χ2v) is 7.43. The van der Waals surface area contributed by atoms with E-state index >= 15 is 0 Å². The number of hydrogen-bond acceptors (Lipinski definition) is 5. The van der Waals surface area contributed by atoms with E-state index in [4.69, 9.17) is 9.26 Å². The van der Waals surface area contributed by atoms with Gasteiger partial charge in [0.25, 0.3) is 0 Å². The first-order chi connectivity index (χ1) is 12.3. The Bertz CT molecular complexity index is 813. The first-order valence-corrected chi connectivity index (χ1v) is 9.56. The lowest BCUT2D eigenvalue weighted by Crippen LogP contribution is -2.30. The predicted molar refractivity (Wildman–Crippen MR) is 99.9 cm³/mol. The van der Waals surface area contributed by atoms with E-state index in [0.29, 0.717) is 6.04 Å². The van der Waals surface area contributed by atoms with Gasteiger partial charge in [0, 0.05) is 18.7 Å². The van der Waals surface area contributed by atoms with Crippen molar-refractivity contribution in [2.45, 2.75) is 31.8 Å². The summed E-state index contributed by atoms with van der Waals surface area (Å²) in [5.74, 6) is 1.80. The zero-order chi connectivity index (χ0) is 17.1. The SMILES string of the molecule is COc1cccc(CC2CCCN2Cc2cc(-c3cccs3)on2)c1. The zero-order valence-corrected chi connectivity index (χ0v) is 15.2. The Morgan fingerprint density at radius 2 is 2.24 bits per heavy atom. The number of rotatable bonds is 6. The summed E-state index contributed by atoms with van der Waals surface area (Å²) in [5.41, 5.74) is 2.34. The van der Waals surface area contributed by atoms with E-state index < -0.39 is 0 Å². The molecule has 0 amide bonds. The van der Waals surface area contributed by atoms with Gasteiger partial charge in [-0.15, -0.1) is 11.3 Å². The van der Waals surface area contributed by atoms with Gasteiger partial charge in [0.05, 0.1) is 17.7 Å². The smallest absolute Gasteiger partial charge is 0.177 e. The van der Waals surface area contributed by atoms with E-state index in [9.17, 15) is 0 Å².